The quantitative estimate of drug-likeness (QED) is 0.258. The third-order valence-electron chi connectivity index (χ3n) is 1.44. The summed E-state index contributed by atoms with van der Waals surface area (Å²) in [6, 6.07) is 0. The second-order valence-electron chi connectivity index (χ2n) is 2.53. The van der Waals surface area contributed by atoms with Crippen molar-refractivity contribution < 1.29 is 19.1 Å². The molecule has 0 rings (SSSR count). The van der Waals surface area contributed by atoms with Crippen molar-refractivity contribution in [2.75, 3.05) is 13.2 Å². The molecule has 0 fully saturated rings. The van der Waals surface area contributed by atoms with Gasteiger partial charge in [-0.15, -0.1) is 0 Å². The number of carbonyl (C=O) groups is 2. The Hall–Kier alpha value is -0.900. The van der Waals surface area contributed by atoms with Gasteiger partial charge in [-0.25, -0.2) is 4.79 Å². The van der Waals surface area contributed by atoms with E-state index in [0.717, 1.165) is 12.8 Å². The molecule has 76 valence electrons. The van der Waals surface area contributed by atoms with E-state index in [0.29, 0.717) is 12.9 Å². The Morgan fingerprint density at radius 3 is 2.62 bits per heavy atom. The molecule has 0 aromatic rings. The van der Waals surface area contributed by atoms with Gasteiger partial charge in [0.25, 0.3) is 0 Å². The molecule has 0 saturated carbocycles. The van der Waals surface area contributed by atoms with Gasteiger partial charge in [-0.3, -0.25) is 4.79 Å². The van der Waals surface area contributed by atoms with E-state index >= 15 is 0 Å². The van der Waals surface area contributed by atoms with Gasteiger partial charge in [-0.05, 0) is 13.3 Å². The van der Waals surface area contributed by atoms with Gasteiger partial charge in [0.2, 0.25) is 6.10 Å². The summed E-state index contributed by atoms with van der Waals surface area (Å²) < 4.78 is 9.63. The molecule has 0 aliphatic heterocycles. The molecule has 0 bridgehead atoms. The minimum absolute atomic E-state index is 0.264. The minimum Gasteiger partial charge on any atom is -0.464 e. The lowest BCUT2D eigenvalue weighted by Gasteiger charge is -2.09. The zero-order valence-corrected chi connectivity index (χ0v) is 8.12. The van der Waals surface area contributed by atoms with Gasteiger partial charge in [0.15, 0.2) is 6.29 Å². The first-order valence-corrected chi connectivity index (χ1v) is 4.49. The molecule has 0 spiro atoms. The summed E-state index contributed by atoms with van der Waals surface area (Å²) in [4.78, 5) is 21.4. The lowest BCUT2D eigenvalue weighted by Crippen LogP contribution is -2.28. The Bertz CT molecular complexity index is 156. The number of esters is 1. The summed E-state index contributed by atoms with van der Waals surface area (Å²) in [6.45, 7) is 4.37. The van der Waals surface area contributed by atoms with Crippen LogP contribution < -0.4 is 0 Å². The van der Waals surface area contributed by atoms with Crippen molar-refractivity contribution in [3.05, 3.63) is 0 Å². The summed E-state index contributed by atoms with van der Waals surface area (Å²) in [5, 5.41) is 0. The minimum atomic E-state index is -1.05. The van der Waals surface area contributed by atoms with E-state index in [1.807, 2.05) is 6.92 Å². The Kier molecular flexibility index (Phi) is 7.20. The molecule has 0 N–H and O–H groups in total. The first kappa shape index (κ1) is 12.1. The van der Waals surface area contributed by atoms with E-state index in [9.17, 15) is 9.59 Å². The second kappa shape index (κ2) is 7.73. The number of rotatable bonds is 7. The molecule has 0 aliphatic carbocycles. The van der Waals surface area contributed by atoms with Gasteiger partial charge in [0, 0.05) is 6.61 Å². The van der Waals surface area contributed by atoms with E-state index in [1.54, 1.807) is 6.92 Å². The van der Waals surface area contributed by atoms with Crippen LogP contribution in [0.1, 0.15) is 26.7 Å². The highest BCUT2D eigenvalue weighted by Crippen LogP contribution is 1.96. The fourth-order valence-electron chi connectivity index (χ4n) is 0.742. The fraction of sp³-hybridized carbons (Fsp3) is 0.778. The number of ether oxygens (including phenoxy) is 2. The summed E-state index contributed by atoms with van der Waals surface area (Å²) in [7, 11) is 0. The van der Waals surface area contributed by atoms with Crippen molar-refractivity contribution in [3.63, 3.8) is 0 Å². The summed E-state index contributed by atoms with van der Waals surface area (Å²) in [5.74, 6) is -0.603. The number of hydrogen-bond donors (Lipinski definition) is 0. The summed E-state index contributed by atoms with van der Waals surface area (Å²) in [5.41, 5.74) is 0. The number of carbonyl (C=O) groups excluding carboxylic acids is 2. The molecule has 13 heavy (non-hydrogen) atoms. The maximum atomic E-state index is 11.0. The highest BCUT2D eigenvalue weighted by Gasteiger charge is 2.18. The van der Waals surface area contributed by atoms with Crippen LogP contribution in [0.3, 0.4) is 0 Å². The zero-order chi connectivity index (χ0) is 10.1. The van der Waals surface area contributed by atoms with Crippen LogP contribution >= 0.6 is 0 Å². The summed E-state index contributed by atoms with van der Waals surface area (Å²) >= 11 is 0. The number of unbranched alkanes of at least 4 members (excludes halogenated alkanes) is 1. The van der Waals surface area contributed by atoms with Gasteiger partial charge in [0.05, 0.1) is 6.61 Å². The van der Waals surface area contributed by atoms with Crippen molar-refractivity contribution >= 4 is 12.3 Å². The van der Waals surface area contributed by atoms with Crippen LogP contribution in [0.4, 0.5) is 0 Å². The maximum absolute atomic E-state index is 11.0. The maximum Gasteiger partial charge on any atom is 0.342 e. The van der Waals surface area contributed by atoms with Crippen LogP contribution in [0.2, 0.25) is 0 Å². The molecule has 0 aliphatic rings. The average Bonchev–Trinajstić information content (AvgIpc) is 2.13. The Balaban J connectivity index is 3.73. The third-order valence-corrected chi connectivity index (χ3v) is 1.44. The van der Waals surface area contributed by atoms with Crippen LogP contribution in [0.15, 0.2) is 0 Å². The molecule has 4 nitrogen and oxygen atoms in total. The van der Waals surface area contributed by atoms with Gasteiger partial charge >= 0.3 is 5.97 Å². The average molecular weight is 188 g/mol. The Morgan fingerprint density at radius 2 is 2.15 bits per heavy atom. The monoisotopic (exact) mass is 188 g/mol. The van der Waals surface area contributed by atoms with Crippen molar-refractivity contribution in [1.29, 1.82) is 0 Å². The molecule has 0 radical (unpaired) electrons. The first-order chi connectivity index (χ1) is 6.26. The van der Waals surface area contributed by atoms with E-state index in [4.69, 9.17) is 4.74 Å². The van der Waals surface area contributed by atoms with Crippen LogP contribution in [0, 0.1) is 0 Å². The Morgan fingerprint density at radius 1 is 1.46 bits per heavy atom. The largest absolute Gasteiger partial charge is 0.464 e. The zero-order valence-electron chi connectivity index (χ0n) is 8.12. The van der Waals surface area contributed by atoms with Crippen molar-refractivity contribution in [1.82, 2.24) is 0 Å². The molecular formula is C9H16O4. The SMILES string of the molecule is CCCCOC(C=O)C(=O)OCC. The molecule has 1 unspecified atom stereocenters. The predicted molar refractivity (Wildman–Crippen MR) is 47.3 cm³/mol. The van der Waals surface area contributed by atoms with Gasteiger partial charge in [-0.2, -0.15) is 0 Å². The van der Waals surface area contributed by atoms with Crippen molar-refractivity contribution in [2.45, 2.75) is 32.8 Å². The van der Waals surface area contributed by atoms with E-state index < -0.39 is 12.1 Å². The van der Waals surface area contributed by atoms with Crippen LogP contribution in [-0.4, -0.2) is 31.6 Å². The number of aldehydes is 1. The third kappa shape index (κ3) is 5.36. The van der Waals surface area contributed by atoms with Gasteiger partial charge in [-0.1, -0.05) is 13.3 Å². The molecule has 0 amide bonds. The van der Waals surface area contributed by atoms with E-state index in [2.05, 4.69) is 4.74 Å². The first-order valence-electron chi connectivity index (χ1n) is 4.49. The van der Waals surface area contributed by atoms with Crippen molar-refractivity contribution in [3.8, 4) is 0 Å². The molecule has 4 heteroatoms. The topological polar surface area (TPSA) is 52.6 Å². The van der Waals surface area contributed by atoms with Crippen LogP contribution in [0.25, 0.3) is 0 Å². The predicted octanol–water partition coefficient (Wildman–Crippen LogP) is 0.934. The smallest absolute Gasteiger partial charge is 0.342 e. The molecular weight excluding hydrogens is 172 g/mol. The molecule has 0 aromatic carbocycles. The lowest BCUT2D eigenvalue weighted by molar-refractivity contribution is -0.158. The van der Waals surface area contributed by atoms with Gasteiger partial charge < -0.3 is 9.47 Å². The van der Waals surface area contributed by atoms with Crippen LogP contribution in [-0.2, 0) is 19.1 Å². The molecule has 0 saturated heterocycles. The fourth-order valence-corrected chi connectivity index (χ4v) is 0.742. The highest BCUT2D eigenvalue weighted by atomic mass is 16.6. The normalized spacial score (nSPS) is 12.2. The summed E-state index contributed by atoms with van der Waals surface area (Å²) in [6.07, 6.45) is 1.22. The van der Waals surface area contributed by atoms with Gasteiger partial charge in [0.1, 0.15) is 0 Å². The van der Waals surface area contributed by atoms with Crippen LogP contribution in [0.5, 0.6) is 0 Å². The molecule has 0 heterocycles. The molecule has 0 aromatic heterocycles. The number of hydrogen-bond acceptors (Lipinski definition) is 4. The lowest BCUT2D eigenvalue weighted by atomic mass is 10.3. The van der Waals surface area contributed by atoms with E-state index in [1.165, 1.54) is 0 Å². The van der Waals surface area contributed by atoms with E-state index in [-0.39, 0.29) is 6.61 Å². The molecule has 1 atom stereocenters. The second-order valence-corrected chi connectivity index (χ2v) is 2.53. The Labute approximate surface area is 78.2 Å². The highest BCUT2D eigenvalue weighted by molar-refractivity contribution is 5.90. The van der Waals surface area contributed by atoms with Crippen molar-refractivity contribution in [2.24, 2.45) is 0 Å². The standard InChI is InChI=1S/C9H16O4/c1-3-5-6-13-8(7-10)9(11)12-4-2/h7-8H,3-6H2,1-2H3.